The van der Waals surface area contributed by atoms with Crippen molar-refractivity contribution in [3.8, 4) is 28.1 Å². The lowest BCUT2D eigenvalue weighted by atomic mass is 9.97. The van der Waals surface area contributed by atoms with Crippen LogP contribution in [0.1, 0.15) is 90.5 Å². The van der Waals surface area contributed by atoms with E-state index in [-0.39, 0.29) is 6.42 Å². The molecule has 0 saturated heterocycles. The van der Waals surface area contributed by atoms with Crippen molar-refractivity contribution in [3.63, 3.8) is 0 Å². The van der Waals surface area contributed by atoms with Crippen molar-refractivity contribution >= 4 is 5.97 Å². The van der Waals surface area contributed by atoms with Crippen LogP contribution in [0.3, 0.4) is 0 Å². The number of esters is 1. The quantitative estimate of drug-likeness (QED) is 0.118. The number of alkyl halides is 1. The molecule has 1 unspecified atom stereocenters. The van der Waals surface area contributed by atoms with Crippen LogP contribution < -0.4 is 4.74 Å². The molecule has 0 N–H and O–H groups in total. The summed E-state index contributed by atoms with van der Waals surface area (Å²) < 4.78 is 20.3. The number of benzene rings is 2. The molecular weight excluding hydrogens is 461 g/mol. The molecule has 0 fully saturated rings. The average Bonchev–Trinajstić information content (AvgIpc) is 2.92. The van der Waals surface area contributed by atoms with E-state index < -0.39 is 11.6 Å². The Hall–Kier alpha value is -3.01. The number of aromatic nitrogens is 1. The minimum atomic E-state index is -1.98. The minimum Gasteiger partial charge on any atom is -0.424 e. The molecule has 0 spiro atoms. The second kappa shape index (κ2) is 14.7. The predicted molar refractivity (Wildman–Crippen MR) is 151 cm³/mol. The van der Waals surface area contributed by atoms with Crippen LogP contribution in [0.5, 0.6) is 5.75 Å². The zero-order valence-corrected chi connectivity index (χ0v) is 22.8. The number of hydrogen-bond acceptors (Lipinski definition) is 3. The minimum absolute atomic E-state index is 0.186. The Labute approximate surface area is 222 Å². The standard InChI is InChI=1S/C33H42FNO2/c1-4-6-8-10-14-24-33(3,34)32(36)37-28-21-19-27(20-22-28)29-16-12-13-17-30(29)31-23-18-26(25-35-31)15-11-9-7-5-2/h12-13,16-23,25H,4-11,14-15,24H2,1-3H3. The highest BCUT2D eigenvalue weighted by atomic mass is 19.1. The summed E-state index contributed by atoms with van der Waals surface area (Å²) in [7, 11) is 0. The number of pyridine rings is 1. The lowest BCUT2D eigenvalue weighted by molar-refractivity contribution is -0.147. The first-order chi connectivity index (χ1) is 17.9. The van der Waals surface area contributed by atoms with Gasteiger partial charge in [-0.15, -0.1) is 0 Å². The van der Waals surface area contributed by atoms with Crippen LogP contribution in [0.4, 0.5) is 4.39 Å². The molecule has 37 heavy (non-hydrogen) atoms. The molecule has 3 nitrogen and oxygen atoms in total. The van der Waals surface area contributed by atoms with Gasteiger partial charge >= 0.3 is 5.97 Å². The van der Waals surface area contributed by atoms with Crippen LogP contribution in [0.25, 0.3) is 22.4 Å². The van der Waals surface area contributed by atoms with Gasteiger partial charge in [-0.2, -0.15) is 0 Å². The molecule has 0 aliphatic rings. The number of unbranched alkanes of at least 4 members (excludes halogenated alkanes) is 7. The molecule has 1 aromatic heterocycles. The van der Waals surface area contributed by atoms with Gasteiger partial charge in [-0.1, -0.05) is 101 Å². The summed E-state index contributed by atoms with van der Waals surface area (Å²) in [6.07, 6.45) is 13.2. The van der Waals surface area contributed by atoms with Crippen LogP contribution in [0.2, 0.25) is 0 Å². The third-order valence-corrected chi connectivity index (χ3v) is 6.90. The van der Waals surface area contributed by atoms with Gasteiger partial charge in [-0.3, -0.25) is 4.98 Å². The number of carbonyl (C=O) groups is 1. The number of ether oxygens (including phenoxy) is 1. The Morgan fingerprint density at radius 3 is 2.11 bits per heavy atom. The smallest absolute Gasteiger partial charge is 0.348 e. The van der Waals surface area contributed by atoms with Crippen molar-refractivity contribution < 1.29 is 13.9 Å². The zero-order chi connectivity index (χ0) is 26.5. The highest BCUT2D eigenvalue weighted by Crippen LogP contribution is 2.32. The normalized spacial score (nSPS) is 12.8. The van der Waals surface area contributed by atoms with Gasteiger partial charge in [0.1, 0.15) is 5.75 Å². The number of aryl methyl sites for hydroxylation is 1. The van der Waals surface area contributed by atoms with Crippen LogP contribution >= 0.6 is 0 Å². The molecule has 0 radical (unpaired) electrons. The second-order valence-corrected chi connectivity index (χ2v) is 10.2. The molecule has 0 aliphatic carbocycles. The van der Waals surface area contributed by atoms with Crippen LogP contribution in [-0.4, -0.2) is 16.6 Å². The van der Waals surface area contributed by atoms with Crippen molar-refractivity contribution in [2.75, 3.05) is 0 Å². The van der Waals surface area contributed by atoms with Gasteiger partial charge in [0.2, 0.25) is 5.67 Å². The first-order valence-corrected chi connectivity index (χ1v) is 14.0. The molecule has 3 aromatic rings. The maximum Gasteiger partial charge on any atom is 0.348 e. The van der Waals surface area contributed by atoms with Crippen molar-refractivity contribution in [1.29, 1.82) is 0 Å². The Kier molecular flexibility index (Phi) is 11.3. The Morgan fingerprint density at radius 2 is 1.46 bits per heavy atom. The fourth-order valence-corrected chi connectivity index (χ4v) is 4.52. The molecule has 0 saturated carbocycles. The lowest BCUT2D eigenvalue weighted by Crippen LogP contribution is -2.34. The van der Waals surface area contributed by atoms with Crippen LogP contribution in [0.15, 0.2) is 66.9 Å². The molecule has 1 heterocycles. The van der Waals surface area contributed by atoms with Crippen LogP contribution in [-0.2, 0) is 11.2 Å². The van der Waals surface area contributed by atoms with Gasteiger partial charge in [0, 0.05) is 11.8 Å². The summed E-state index contributed by atoms with van der Waals surface area (Å²) in [5.74, 6) is -0.471. The Bertz CT molecular complexity index is 1090. The topological polar surface area (TPSA) is 39.2 Å². The van der Waals surface area contributed by atoms with Gasteiger partial charge in [0.25, 0.3) is 0 Å². The molecule has 198 valence electrons. The fraction of sp³-hybridized carbons (Fsp3) is 0.455. The van der Waals surface area contributed by atoms with Gasteiger partial charge < -0.3 is 4.74 Å². The SMILES string of the molecule is CCCCCCCC(C)(F)C(=O)Oc1ccc(-c2ccccc2-c2ccc(CCCCCC)cn2)cc1. The zero-order valence-electron chi connectivity index (χ0n) is 22.8. The lowest BCUT2D eigenvalue weighted by Gasteiger charge is -2.18. The Morgan fingerprint density at radius 1 is 0.811 bits per heavy atom. The highest BCUT2D eigenvalue weighted by molar-refractivity contribution is 5.83. The molecule has 3 rings (SSSR count). The predicted octanol–water partition coefficient (Wildman–Crippen LogP) is 9.53. The summed E-state index contributed by atoms with van der Waals surface area (Å²) in [6, 6.07) is 19.7. The molecule has 0 amide bonds. The van der Waals surface area contributed by atoms with Gasteiger partial charge in [-0.25, -0.2) is 9.18 Å². The third-order valence-electron chi connectivity index (χ3n) is 6.90. The van der Waals surface area contributed by atoms with E-state index in [1.165, 1.54) is 38.2 Å². The second-order valence-electron chi connectivity index (χ2n) is 10.2. The van der Waals surface area contributed by atoms with E-state index in [1.54, 1.807) is 12.1 Å². The number of hydrogen-bond donors (Lipinski definition) is 0. The molecule has 0 bridgehead atoms. The van der Waals surface area contributed by atoms with E-state index in [9.17, 15) is 9.18 Å². The van der Waals surface area contributed by atoms with E-state index in [0.717, 1.165) is 54.5 Å². The average molecular weight is 504 g/mol. The molecule has 2 aromatic carbocycles. The summed E-state index contributed by atoms with van der Waals surface area (Å²) in [6.45, 7) is 5.69. The molecular formula is C33H42FNO2. The van der Waals surface area contributed by atoms with E-state index in [4.69, 9.17) is 9.72 Å². The van der Waals surface area contributed by atoms with Crippen LogP contribution in [0, 0.1) is 0 Å². The number of halogens is 1. The van der Waals surface area contributed by atoms with E-state index in [2.05, 4.69) is 38.1 Å². The summed E-state index contributed by atoms with van der Waals surface area (Å²) in [4.78, 5) is 17.2. The molecule has 0 aliphatic heterocycles. The van der Waals surface area contributed by atoms with Crippen molar-refractivity contribution in [3.05, 3.63) is 72.4 Å². The first kappa shape index (κ1) is 28.6. The van der Waals surface area contributed by atoms with Gasteiger partial charge in [0.05, 0.1) is 5.69 Å². The van der Waals surface area contributed by atoms with Crippen molar-refractivity contribution in [2.45, 2.75) is 97.1 Å². The number of carbonyl (C=O) groups excluding carboxylic acids is 1. The van der Waals surface area contributed by atoms with Crippen molar-refractivity contribution in [2.24, 2.45) is 0 Å². The van der Waals surface area contributed by atoms with Crippen molar-refractivity contribution in [1.82, 2.24) is 4.98 Å². The number of rotatable bonds is 15. The third kappa shape index (κ3) is 8.80. The molecule has 4 heteroatoms. The van der Waals surface area contributed by atoms with E-state index >= 15 is 0 Å². The summed E-state index contributed by atoms with van der Waals surface area (Å²) in [5.41, 5.74) is 3.29. The summed E-state index contributed by atoms with van der Waals surface area (Å²) in [5, 5.41) is 0. The maximum atomic E-state index is 14.9. The monoisotopic (exact) mass is 503 g/mol. The summed E-state index contributed by atoms with van der Waals surface area (Å²) >= 11 is 0. The van der Waals surface area contributed by atoms with Gasteiger partial charge in [0.15, 0.2) is 0 Å². The Balaban J connectivity index is 1.64. The number of nitrogens with zero attached hydrogens (tertiary/aromatic N) is 1. The highest BCUT2D eigenvalue weighted by Gasteiger charge is 2.34. The first-order valence-electron chi connectivity index (χ1n) is 14.0. The largest absolute Gasteiger partial charge is 0.424 e. The van der Waals surface area contributed by atoms with Gasteiger partial charge in [-0.05, 0) is 67.5 Å². The maximum absolute atomic E-state index is 14.9. The van der Waals surface area contributed by atoms with E-state index in [0.29, 0.717) is 12.2 Å². The fourth-order valence-electron chi connectivity index (χ4n) is 4.52. The van der Waals surface area contributed by atoms with E-state index in [1.807, 2.05) is 30.5 Å². The molecule has 1 atom stereocenters.